The zero-order valence-electron chi connectivity index (χ0n) is 17.1. The number of ether oxygens (including phenoxy) is 1. The van der Waals surface area contributed by atoms with Gasteiger partial charge in [0.2, 0.25) is 0 Å². The number of benzene rings is 1. The molecule has 1 saturated carbocycles. The molecule has 1 heterocycles. The molecule has 6 heteroatoms. The Balaban J connectivity index is 0.00000261. The fourth-order valence-electron chi connectivity index (χ4n) is 4.61. The number of rotatable bonds is 5. The maximum Gasteiger partial charge on any atom is 0.193 e. The lowest BCUT2D eigenvalue weighted by atomic mass is 9.82. The van der Waals surface area contributed by atoms with Gasteiger partial charge in [-0.25, -0.2) is 0 Å². The number of para-hydroxylation sites is 1. The van der Waals surface area contributed by atoms with Gasteiger partial charge in [-0.15, -0.1) is 24.0 Å². The van der Waals surface area contributed by atoms with Crippen LogP contribution in [0.15, 0.2) is 29.3 Å². The first-order valence-corrected chi connectivity index (χ1v) is 9.89. The van der Waals surface area contributed by atoms with E-state index in [2.05, 4.69) is 46.3 Å². The van der Waals surface area contributed by atoms with Crippen LogP contribution < -0.4 is 10.1 Å². The zero-order chi connectivity index (χ0) is 18.5. The van der Waals surface area contributed by atoms with Gasteiger partial charge in [0.05, 0.1) is 13.2 Å². The molecule has 0 amide bonds. The van der Waals surface area contributed by atoms with Crippen LogP contribution in [0.25, 0.3) is 0 Å². The molecular formula is C21H35IN4O. The van der Waals surface area contributed by atoms with Crippen molar-refractivity contribution < 1.29 is 4.74 Å². The highest BCUT2D eigenvalue weighted by Crippen LogP contribution is 2.36. The van der Waals surface area contributed by atoms with E-state index in [9.17, 15) is 0 Å². The second-order valence-electron chi connectivity index (χ2n) is 7.86. The molecule has 0 radical (unpaired) electrons. The van der Waals surface area contributed by atoms with Crippen molar-refractivity contribution in [2.24, 2.45) is 16.8 Å². The SMILES string of the molecule is CN=C(NCC(c1ccccc1OC)N(C)C)N1CC2CCCCC2C1.I. The van der Waals surface area contributed by atoms with Gasteiger partial charge in [-0.05, 0) is 44.8 Å². The fraction of sp³-hybridized carbons (Fsp3) is 0.667. The highest BCUT2D eigenvalue weighted by molar-refractivity contribution is 14.0. The molecule has 1 saturated heterocycles. The first-order chi connectivity index (χ1) is 12.6. The Kier molecular flexibility index (Phi) is 8.66. The van der Waals surface area contributed by atoms with Gasteiger partial charge in [-0.1, -0.05) is 31.0 Å². The largest absolute Gasteiger partial charge is 0.496 e. The van der Waals surface area contributed by atoms with E-state index in [1.807, 2.05) is 19.2 Å². The standard InChI is InChI=1S/C21H34N4O.HI/c1-22-21(25-14-16-9-5-6-10-17(16)15-25)23-13-19(24(2)3)18-11-7-8-12-20(18)26-4;/h7-8,11-12,16-17,19H,5-6,9-10,13-15H2,1-4H3,(H,22,23);1H. The summed E-state index contributed by atoms with van der Waals surface area (Å²) < 4.78 is 5.58. The summed E-state index contributed by atoms with van der Waals surface area (Å²) >= 11 is 0. The van der Waals surface area contributed by atoms with E-state index >= 15 is 0 Å². The Morgan fingerprint density at radius 3 is 2.41 bits per heavy atom. The van der Waals surface area contributed by atoms with Crippen LogP contribution in [-0.4, -0.2) is 63.6 Å². The summed E-state index contributed by atoms with van der Waals surface area (Å²) in [5, 5.41) is 3.63. The molecule has 1 aliphatic heterocycles. The molecule has 0 aromatic heterocycles. The first kappa shape index (κ1) is 22.3. The summed E-state index contributed by atoms with van der Waals surface area (Å²) in [6.07, 6.45) is 5.58. The molecule has 5 nitrogen and oxygen atoms in total. The summed E-state index contributed by atoms with van der Waals surface area (Å²) in [6, 6.07) is 8.51. The van der Waals surface area contributed by atoms with E-state index < -0.39 is 0 Å². The minimum atomic E-state index is 0. The molecule has 152 valence electrons. The van der Waals surface area contributed by atoms with Gasteiger partial charge in [0.1, 0.15) is 5.75 Å². The van der Waals surface area contributed by atoms with Crippen molar-refractivity contribution in [2.45, 2.75) is 31.7 Å². The number of aliphatic imine (C=N–C) groups is 1. The van der Waals surface area contributed by atoms with Crippen LogP contribution >= 0.6 is 24.0 Å². The average molecular weight is 486 g/mol. The lowest BCUT2D eigenvalue weighted by Crippen LogP contribution is -2.43. The number of hydrogen-bond acceptors (Lipinski definition) is 3. The van der Waals surface area contributed by atoms with Crippen molar-refractivity contribution in [1.82, 2.24) is 15.1 Å². The Bertz CT molecular complexity index is 608. The van der Waals surface area contributed by atoms with Crippen LogP contribution in [0, 0.1) is 11.8 Å². The number of halogens is 1. The van der Waals surface area contributed by atoms with Gasteiger partial charge in [-0.3, -0.25) is 4.99 Å². The van der Waals surface area contributed by atoms with E-state index in [-0.39, 0.29) is 30.0 Å². The van der Waals surface area contributed by atoms with Gasteiger partial charge >= 0.3 is 0 Å². The van der Waals surface area contributed by atoms with Gasteiger partial charge < -0.3 is 19.9 Å². The molecule has 3 unspecified atom stereocenters. The molecule has 1 aliphatic carbocycles. The number of nitrogens with zero attached hydrogens (tertiary/aromatic N) is 3. The lowest BCUT2D eigenvalue weighted by Gasteiger charge is -2.29. The highest BCUT2D eigenvalue weighted by Gasteiger charge is 2.35. The van der Waals surface area contributed by atoms with Gasteiger partial charge in [0.25, 0.3) is 0 Å². The van der Waals surface area contributed by atoms with Crippen molar-refractivity contribution in [3.8, 4) is 5.75 Å². The molecule has 1 aromatic rings. The van der Waals surface area contributed by atoms with Crippen LogP contribution in [0.1, 0.15) is 37.3 Å². The molecule has 2 aliphatic rings. The summed E-state index contributed by atoms with van der Waals surface area (Å²) in [5.41, 5.74) is 1.21. The van der Waals surface area contributed by atoms with Crippen molar-refractivity contribution in [2.75, 3.05) is 47.9 Å². The maximum absolute atomic E-state index is 5.58. The van der Waals surface area contributed by atoms with Crippen LogP contribution in [0.2, 0.25) is 0 Å². The molecule has 3 atom stereocenters. The third-order valence-electron chi connectivity index (χ3n) is 6.06. The lowest BCUT2D eigenvalue weighted by molar-refractivity contribution is 0.285. The van der Waals surface area contributed by atoms with Crippen molar-refractivity contribution in [1.29, 1.82) is 0 Å². The first-order valence-electron chi connectivity index (χ1n) is 9.89. The minimum Gasteiger partial charge on any atom is -0.496 e. The number of hydrogen-bond donors (Lipinski definition) is 1. The summed E-state index contributed by atoms with van der Waals surface area (Å²) in [5.74, 6) is 3.71. The smallest absolute Gasteiger partial charge is 0.193 e. The van der Waals surface area contributed by atoms with Crippen LogP contribution in [0.3, 0.4) is 0 Å². The Hall–Kier alpha value is -1.02. The Morgan fingerprint density at radius 1 is 1.22 bits per heavy atom. The molecule has 0 spiro atoms. The number of nitrogens with one attached hydrogen (secondary N) is 1. The fourth-order valence-corrected chi connectivity index (χ4v) is 4.61. The Morgan fingerprint density at radius 2 is 1.85 bits per heavy atom. The third kappa shape index (κ3) is 5.28. The van der Waals surface area contributed by atoms with Crippen LogP contribution in [0.5, 0.6) is 5.75 Å². The van der Waals surface area contributed by atoms with Gasteiger partial charge in [-0.2, -0.15) is 0 Å². The third-order valence-corrected chi connectivity index (χ3v) is 6.06. The predicted molar refractivity (Wildman–Crippen MR) is 123 cm³/mol. The van der Waals surface area contributed by atoms with Crippen molar-refractivity contribution >= 4 is 29.9 Å². The summed E-state index contributed by atoms with van der Waals surface area (Å²) in [6.45, 7) is 3.13. The number of methoxy groups -OCH3 is 1. The molecule has 0 bridgehead atoms. The van der Waals surface area contributed by atoms with Crippen LogP contribution in [0.4, 0.5) is 0 Å². The molecule has 1 N–H and O–H groups in total. The maximum atomic E-state index is 5.58. The van der Waals surface area contributed by atoms with E-state index in [0.29, 0.717) is 0 Å². The summed E-state index contributed by atoms with van der Waals surface area (Å²) in [7, 11) is 7.87. The zero-order valence-corrected chi connectivity index (χ0v) is 19.5. The molecule has 3 rings (SSSR count). The van der Waals surface area contributed by atoms with Crippen LogP contribution in [-0.2, 0) is 0 Å². The van der Waals surface area contributed by atoms with Crippen molar-refractivity contribution in [3.63, 3.8) is 0 Å². The normalized spacial score (nSPS) is 23.6. The number of fused-ring (bicyclic) bond motifs is 1. The predicted octanol–water partition coefficient (Wildman–Crippen LogP) is 3.61. The van der Waals surface area contributed by atoms with E-state index in [4.69, 9.17) is 4.74 Å². The number of likely N-dealkylation sites (tertiary alicyclic amines) is 1. The second-order valence-corrected chi connectivity index (χ2v) is 7.86. The van der Waals surface area contributed by atoms with Crippen molar-refractivity contribution in [3.05, 3.63) is 29.8 Å². The highest BCUT2D eigenvalue weighted by atomic mass is 127. The quantitative estimate of drug-likeness (QED) is 0.392. The average Bonchev–Trinajstić information content (AvgIpc) is 3.09. The summed E-state index contributed by atoms with van der Waals surface area (Å²) in [4.78, 5) is 9.28. The monoisotopic (exact) mass is 486 g/mol. The van der Waals surface area contributed by atoms with E-state index in [1.165, 1.54) is 31.2 Å². The second kappa shape index (κ2) is 10.5. The van der Waals surface area contributed by atoms with Gasteiger partial charge in [0, 0.05) is 32.2 Å². The van der Waals surface area contributed by atoms with E-state index in [0.717, 1.165) is 43.2 Å². The molecule has 2 fully saturated rings. The Labute approximate surface area is 181 Å². The molecular weight excluding hydrogens is 451 g/mol. The van der Waals surface area contributed by atoms with Gasteiger partial charge in [0.15, 0.2) is 5.96 Å². The molecule has 27 heavy (non-hydrogen) atoms. The number of guanidine groups is 1. The van der Waals surface area contributed by atoms with E-state index in [1.54, 1.807) is 7.11 Å². The minimum absolute atomic E-state index is 0. The topological polar surface area (TPSA) is 40.1 Å². The number of likely N-dealkylation sites (N-methyl/N-ethyl adjacent to an activating group) is 1. The molecule has 1 aromatic carbocycles.